The van der Waals surface area contributed by atoms with Crippen LogP contribution in [0.1, 0.15) is 0 Å². The van der Waals surface area contributed by atoms with Gasteiger partial charge in [-0.15, -0.1) is 11.8 Å². The van der Waals surface area contributed by atoms with Crippen molar-refractivity contribution < 1.29 is 4.80 Å². The van der Waals surface area contributed by atoms with Crippen LogP contribution in [0.5, 0.6) is 0 Å². The molecular formula is C9H14OSSi. The number of benzene rings is 1. The molecule has 1 rings (SSSR count). The fourth-order valence-corrected chi connectivity index (χ4v) is 2.39. The molecule has 0 aliphatic heterocycles. The van der Waals surface area contributed by atoms with Crippen LogP contribution in [0.15, 0.2) is 29.2 Å². The molecule has 0 atom stereocenters. The first-order valence-corrected chi connectivity index (χ1v) is 8.08. The van der Waals surface area contributed by atoms with Gasteiger partial charge in [0.15, 0.2) is 0 Å². The number of rotatable bonds is 2. The Labute approximate surface area is 78.9 Å². The first kappa shape index (κ1) is 9.83. The lowest BCUT2D eigenvalue weighted by molar-refractivity contribution is 0.568. The molecule has 0 saturated heterocycles. The summed E-state index contributed by atoms with van der Waals surface area (Å²) in [7, 11) is -2.08. The summed E-state index contributed by atoms with van der Waals surface area (Å²) < 4.78 is 0. The average Bonchev–Trinajstić information content (AvgIpc) is 2.03. The molecule has 0 unspecified atom stereocenters. The molecule has 0 saturated carbocycles. The van der Waals surface area contributed by atoms with Crippen LogP contribution < -0.4 is 5.19 Å². The fraction of sp³-hybridized carbons (Fsp3) is 0.333. The molecule has 0 spiro atoms. The Morgan fingerprint density at radius 1 is 1.17 bits per heavy atom. The topological polar surface area (TPSA) is 20.2 Å². The van der Waals surface area contributed by atoms with Crippen LogP contribution in [0.2, 0.25) is 13.1 Å². The van der Waals surface area contributed by atoms with E-state index in [-0.39, 0.29) is 0 Å². The lowest BCUT2D eigenvalue weighted by Gasteiger charge is -2.14. The Bertz CT molecular complexity index is 250. The maximum absolute atomic E-state index is 9.78. The SMILES string of the molecule is CSc1ccc([Si](C)(C)O)cc1. The number of hydrogen-bond acceptors (Lipinski definition) is 2. The number of thioether (sulfide) groups is 1. The van der Waals surface area contributed by atoms with Gasteiger partial charge in [0.25, 0.3) is 0 Å². The van der Waals surface area contributed by atoms with Crippen molar-refractivity contribution in [1.29, 1.82) is 0 Å². The third kappa shape index (κ3) is 2.37. The van der Waals surface area contributed by atoms with E-state index in [9.17, 15) is 4.80 Å². The highest BCUT2D eigenvalue weighted by molar-refractivity contribution is 7.98. The maximum Gasteiger partial charge on any atom is 0.213 e. The van der Waals surface area contributed by atoms with Crippen molar-refractivity contribution in [2.45, 2.75) is 18.0 Å². The number of hydrogen-bond donors (Lipinski definition) is 1. The van der Waals surface area contributed by atoms with Crippen LogP contribution >= 0.6 is 11.8 Å². The molecule has 1 aromatic rings. The first-order valence-electron chi connectivity index (χ1n) is 3.91. The van der Waals surface area contributed by atoms with E-state index in [1.165, 1.54) is 4.90 Å². The smallest absolute Gasteiger partial charge is 0.213 e. The van der Waals surface area contributed by atoms with Crippen LogP contribution in [0.4, 0.5) is 0 Å². The van der Waals surface area contributed by atoms with E-state index in [4.69, 9.17) is 0 Å². The minimum atomic E-state index is -2.08. The van der Waals surface area contributed by atoms with Gasteiger partial charge in [-0.05, 0) is 36.7 Å². The van der Waals surface area contributed by atoms with Crippen LogP contribution in [-0.4, -0.2) is 19.4 Å². The Morgan fingerprint density at radius 3 is 2.00 bits per heavy atom. The van der Waals surface area contributed by atoms with E-state index >= 15 is 0 Å². The van der Waals surface area contributed by atoms with Crippen molar-refractivity contribution in [2.24, 2.45) is 0 Å². The summed E-state index contributed by atoms with van der Waals surface area (Å²) in [4.78, 5) is 11.0. The van der Waals surface area contributed by atoms with Gasteiger partial charge >= 0.3 is 0 Å². The van der Waals surface area contributed by atoms with Gasteiger partial charge in [-0.2, -0.15) is 0 Å². The van der Waals surface area contributed by atoms with Gasteiger partial charge in [-0.25, -0.2) is 0 Å². The summed E-state index contributed by atoms with van der Waals surface area (Å²) in [6, 6.07) is 8.17. The molecule has 0 amide bonds. The molecule has 1 N–H and O–H groups in total. The Kier molecular flexibility index (Phi) is 2.98. The first-order chi connectivity index (χ1) is 5.54. The van der Waals surface area contributed by atoms with E-state index in [0.717, 1.165) is 5.19 Å². The quantitative estimate of drug-likeness (QED) is 0.578. The minimum absolute atomic E-state index is 1.10. The summed E-state index contributed by atoms with van der Waals surface area (Å²) in [5.41, 5.74) is 0. The molecule has 12 heavy (non-hydrogen) atoms. The van der Waals surface area contributed by atoms with Crippen molar-refractivity contribution in [3.63, 3.8) is 0 Å². The maximum atomic E-state index is 9.78. The highest BCUT2D eigenvalue weighted by Crippen LogP contribution is 2.12. The lowest BCUT2D eigenvalue weighted by Crippen LogP contribution is -2.41. The minimum Gasteiger partial charge on any atom is -0.428 e. The van der Waals surface area contributed by atoms with Gasteiger partial charge in [0.1, 0.15) is 0 Å². The molecule has 3 heteroatoms. The molecule has 0 radical (unpaired) electrons. The predicted molar refractivity (Wildman–Crippen MR) is 57.6 cm³/mol. The molecular weight excluding hydrogens is 184 g/mol. The zero-order valence-electron chi connectivity index (χ0n) is 7.66. The molecule has 0 aliphatic rings. The zero-order valence-corrected chi connectivity index (χ0v) is 9.48. The fourth-order valence-electron chi connectivity index (χ4n) is 0.999. The zero-order chi connectivity index (χ0) is 9.19. The lowest BCUT2D eigenvalue weighted by atomic mass is 10.4. The van der Waals surface area contributed by atoms with Crippen molar-refractivity contribution in [3.8, 4) is 0 Å². The van der Waals surface area contributed by atoms with Crippen molar-refractivity contribution in [2.75, 3.05) is 6.26 Å². The Morgan fingerprint density at radius 2 is 1.67 bits per heavy atom. The van der Waals surface area contributed by atoms with E-state index in [1.54, 1.807) is 11.8 Å². The molecule has 0 bridgehead atoms. The van der Waals surface area contributed by atoms with Gasteiger partial charge in [-0.1, -0.05) is 12.1 Å². The third-order valence-corrected chi connectivity index (χ3v) is 4.29. The average molecular weight is 198 g/mol. The third-order valence-electron chi connectivity index (χ3n) is 1.80. The van der Waals surface area contributed by atoms with Gasteiger partial charge in [0.2, 0.25) is 8.32 Å². The molecule has 0 heterocycles. The summed E-state index contributed by atoms with van der Waals surface area (Å²) in [5, 5.41) is 1.10. The summed E-state index contributed by atoms with van der Waals surface area (Å²) in [6.45, 7) is 3.86. The second-order valence-electron chi connectivity index (χ2n) is 3.29. The second-order valence-corrected chi connectivity index (χ2v) is 7.86. The van der Waals surface area contributed by atoms with Crippen LogP contribution in [0.25, 0.3) is 0 Å². The summed E-state index contributed by atoms with van der Waals surface area (Å²) in [5.74, 6) is 0. The van der Waals surface area contributed by atoms with Crippen LogP contribution in [0.3, 0.4) is 0 Å². The molecule has 66 valence electrons. The normalized spacial score (nSPS) is 11.7. The molecule has 0 fully saturated rings. The van der Waals surface area contributed by atoms with Crippen molar-refractivity contribution in [3.05, 3.63) is 24.3 Å². The highest BCUT2D eigenvalue weighted by Gasteiger charge is 2.19. The van der Waals surface area contributed by atoms with Crippen LogP contribution in [0, 0.1) is 0 Å². The van der Waals surface area contributed by atoms with Gasteiger partial charge in [0, 0.05) is 4.90 Å². The van der Waals surface area contributed by atoms with E-state index in [2.05, 4.69) is 18.4 Å². The van der Waals surface area contributed by atoms with Crippen molar-refractivity contribution in [1.82, 2.24) is 0 Å². The Balaban J connectivity index is 2.93. The van der Waals surface area contributed by atoms with Crippen molar-refractivity contribution >= 4 is 25.3 Å². The van der Waals surface area contributed by atoms with E-state index in [1.807, 2.05) is 25.2 Å². The predicted octanol–water partition coefficient (Wildman–Crippen LogP) is 1.81. The summed E-state index contributed by atoms with van der Waals surface area (Å²) >= 11 is 1.72. The standard InChI is InChI=1S/C9H14OSSi/c1-11-8-4-6-9(7-5-8)12(2,3)10/h4-7,10H,1-3H3. The highest BCUT2D eigenvalue weighted by atomic mass is 32.2. The van der Waals surface area contributed by atoms with Gasteiger partial charge in [-0.3, -0.25) is 0 Å². The molecule has 1 aromatic carbocycles. The molecule has 1 nitrogen and oxygen atoms in total. The largest absolute Gasteiger partial charge is 0.428 e. The van der Waals surface area contributed by atoms with Crippen LogP contribution in [-0.2, 0) is 0 Å². The van der Waals surface area contributed by atoms with E-state index < -0.39 is 8.32 Å². The second kappa shape index (κ2) is 3.64. The molecule has 0 aromatic heterocycles. The summed E-state index contributed by atoms with van der Waals surface area (Å²) in [6.07, 6.45) is 2.05. The molecule has 0 aliphatic carbocycles. The van der Waals surface area contributed by atoms with E-state index in [0.29, 0.717) is 0 Å². The Hall–Kier alpha value is -0.253. The monoisotopic (exact) mass is 198 g/mol. The van der Waals surface area contributed by atoms with Gasteiger partial charge in [0.05, 0.1) is 0 Å². The van der Waals surface area contributed by atoms with Gasteiger partial charge < -0.3 is 4.80 Å².